The monoisotopic (exact) mass is 333 g/mol. The minimum absolute atomic E-state index is 0.0463. The van der Waals surface area contributed by atoms with Gasteiger partial charge in [-0.3, -0.25) is 4.31 Å². The van der Waals surface area contributed by atoms with E-state index in [4.69, 9.17) is 5.14 Å². The normalized spacial score (nSPS) is 17.6. The molecule has 1 aliphatic rings. The Kier molecular flexibility index (Phi) is 4.57. The molecule has 118 valence electrons. The van der Waals surface area contributed by atoms with E-state index in [2.05, 4.69) is 0 Å². The van der Waals surface area contributed by atoms with Crippen molar-refractivity contribution in [2.24, 2.45) is 5.14 Å². The van der Waals surface area contributed by atoms with E-state index in [1.807, 2.05) is 0 Å². The van der Waals surface area contributed by atoms with Gasteiger partial charge in [0.15, 0.2) is 0 Å². The number of piperidine rings is 1. The summed E-state index contributed by atoms with van der Waals surface area (Å²) in [7, 11) is -5.90. The predicted molar refractivity (Wildman–Crippen MR) is 80.6 cm³/mol. The maximum atomic E-state index is 12.5. The van der Waals surface area contributed by atoms with Gasteiger partial charge < -0.3 is 0 Å². The van der Waals surface area contributed by atoms with Crippen LogP contribution < -0.4 is 9.44 Å². The Bertz CT molecular complexity index is 693. The van der Waals surface area contributed by atoms with E-state index in [9.17, 15) is 16.8 Å². The number of nitrogens with two attached hydrogens (primary N) is 1. The third-order valence-corrected chi connectivity index (χ3v) is 6.37. The number of rotatable bonds is 4. The molecule has 21 heavy (non-hydrogen) atoms. The van der Waals surface area contributed by atoms with E-state index >= 15 is 0 Å². The quantitative estimate of drug-likeness (QED) is 0.867. The Hall–Kier alpha value is -1.16. The molecule has 1 heterocycles. The topological polar surface area (TPSA) is 101 Å². The van der Waals surface area contributed by atoms with Gasteiger partial charge in [0.2, 0.25) is 10.0 Å². The highest BCUT2D eigenvalue weighted by Crippen LogP contribution is 2.22. The first-order chi connectivity index (χ1) is 9.73. The molecular formula is C12H19N3O4S2. The standard InChI is InChI=1S/C12H19N3O4S2/c1-14(21(18,19)15-9-3-2-4-10-15)11-5-7-12(8-6-11)20(13,16)17/h5-8H,2-4,9-10H2,1H3,(H2,13,16,17). The first-order valence-corrected chi connectivity index (χ1v) is 9.54. The minimum atomic E-state index is -3.78. The van der Waals surface area contributed by atoms with Crippen LogP contribution in [0.5, 0.6) is 0 Å². The Morgan fingerprint density at radius 1 is 1.00 bits per heavy atom. The fourth-order valence-electron chi connectivity index (χ4n) is 2.25. The summed E-state index contributed by atoms with van der Waals surface area (Å²) in [5.74, 6) is 0. The smallest absolute Gasteiger partial charge is 0.261 e. The highest BCUT2D eigenvalue weighted by Gasteiger charge is 2.28. The molecule has 7 nitrogen and oxygen atoms in total. The Balaban J connectivity index is 2.24. The lowest BCUT2D eigenvalue weighted by Gasteiger charge is -2.31. The van der Waals surface area contributed by atoms with Gasteiger partial charge in [-0.2, -0.15) is 12.7 Å². The summed E-state index contributed by atoms with van der Waals surface area (Å²) >= 11 is 0. The van der Waals surface area contributed by atoms with Crippen molar-refractivity contribution in [3.63, 3.8) is 0 Å². The van der Waals surface area contributed by atoms with Gasteiger partial charge in [-0.1, -0.05) is 6.42 Å². The third-order valence-electron chi connectivity index (χ3n) is 3.52. The zero-order chi connectivity index (χ0) is 15.7. The molecule has 0 saturated carbocycles. The maximum Gasteiger partial charge on any atom is 0.303 e. The van der Waals surface area contributed by atoms with Crippen molar-refractivity contribution in [1.29, 1.82) is 0 Å². The van der Waals surface area contributed by atoms with Gasteiger partial charge in [0, 0.05) is 20.1 Å². The number of hydrogen-bond donors (Lipinski definition) is 1. The van der Waals surface area contributed by atoms with Crippen molar-refractivity contribution >= 4 is 25.9 Å². The lowest BCUT2D eigenvalue weighted by atomic mass is 10.2. The van der Waals surface area contributed by atoms with Crippen LogP contribution in [0.1, 0.15) is 19.3 Å². The van der Waals surface area contributed by atoms with Crippen molar-refractivity contribution in [3.8, 4) is 0 Å². The summed E-state index contributed by atoms with van der Waals surface area (Å²) in [4.78, 5) is -0.0463. The maximum absolute atomic E-state index is 12.5. The number of anilines is 1. The number of hydrogen-bond acceptors (Lipinski definition) is 4. The molecule has 1 aromatic rings. The zero-order valence-corrected chi connectivity index (χ0v) is 13.4. The van der Waals surface area contributed by atoms with Crippen LogP contribution in [0.2, 0.25) is 0 Å². The first-order valence-electron chi connectivity index (χ1n) is 6.60. The second kappa shape index (κ2) is 5.91. The molecule has 0 aromatic heterocycles. The summed E-state index contributed by atoms with van der Waals surface area (Å²) in [6, 6.07) is 5.46. The molecule has 0 bridgehead atoms. The summed E-state index contributed by atoms with van der Waals surface area (Å²) in [5.41, 5.74) is 0.396. The van der Waals surface area contributed by atoms with Crippen LogP contribution in [-0.2, 0) is 20.2 Å². The van der Waals surface area contributed by atoms with Crippen molar-refractivity contribution in [2.75, 3.05) is 24.4 Å². The number of benzene rings is 1. The van der Waals surface area contributed by atoms with Crippen LogP contribution in [0.3, 0.4) is 0 Å². The Labute approximate surface area is 125 Å². The lowest BCUT2D eigenvalue weighted by Crippen LogP contribution is -2.44. The zero-order valence-electron chi connectivity index (χ0n) is 11.8. The van der Waals surface area contributed by atoms with Crippen molar-refractivity contribution in [1.82, 2.24) is 4.31 Å². The number of primary sulfonamides is 1. The minimum Gasteiger partial charge on any atom is -0.261 e. The van der Waals surface area contributed by atoms with E-state index in [1.54, 1.807) is 0 Å². The van der Waals surface area contributed by atoms with Crippen molar-refractivity contribution in [2.45, 2.75) is 24.2 Å². The van der Waals surface area contributed by atoms with Crippen LogP contribution in [0.15, 0.2) is 29.2 Å². The SMILES string of the molecule is CN(c1ccc(S(N)(=O)=O)cc1)S(=O)(=O)N1CCCCC1. The van der Waals surface area contributed by atoms with Crippen LogP contribution >= 0.6 is 0 Å². The van der Waals surface area contributed by atoms with Crippen LogP contribution in [0, 0.1) is 0 Å². The van der Waals surface area contributed by atoms with Crippen LogP contribution in [-0.4, -0.2) is 41.3 Å². The average Bonchev–Trinajstić information content (AvgIpc) is 2.46. The van der Waals surface area contributed by atoms with Gasteiger partial charge >= 0.3 is 10.2 Å². The molecule has 1 aromatic carbocycles. The summed E-state index contributed by atoms with van der Waals surface area (Å²) < 4.78 is 50.0. The lowest BCUT2D eigenvalue weighted by molar-refractivity contribution is 0.346. The van der Waals surface area contributed by atoms with Crippen LogP contribution in [0.25, 0.3) is 0 Å². The molecule has 9 heteroatoms. The fourth-order valence-corrected chi connectivity index (χ4v) is 4.22. The Morgan fingerprint density at radius 2 is 1.52 bits per heavy atom. The van der Waals surface area contributed by atoms with E-state index < -0.39 is 20.2 Å². The molecule has 0 spiro atoms. The summed E-state index contributed by atoms with van der Waals surface area (Å²) in [6.07, 6.45) is 2.76. The second-order valence-electron chi connectivity index (χ2n) is 4.97. The molecule has 1 saturated heterocycles. The van der Waals surface area contributed by atoms with Gasteiger partial charge in [0.05, 0.1) is 10.6 Å². The van der Waals surface area contributed by atoms with Gasteiger partial charge in [-0.15, -0.1) is 0 Å². The van der Waals surface area contributed by atoms with Gasteiger partial charge in [0.1, 0.15) is 0 Å². The molecule has 0 radical (unpaired) electrons. The molecule has 0 atom stereocenters. The molecule has 1 fully saturated rings. The molecule has 1 aliphatic heterocycles. The predicted octanol–water partition coefficient (Wildman–Crippen LogP) is 0.501. The molecule has 0 aliphatic carbocycles. The molecule has 0 amide bonds. The van der Waals surface area contributed by atoms with Gasteiger partial charge in [-0.25, -0.2) is 13.6 Å². The van der Waals surface area contributed by atoms with Gasteiger partial charge in [-0.05, 0) is 37.1 Å². The molecular weight excluding hydrogens is 314 g/mol. The molecule has 2 N–H and O–H groups in total. The van der Waals surface area contributed by atoms with Crippen molar-refractivity contribution < 1.29 is 16.8 Å². The van der Waals surface area contributed by atoms with Crippen molar-refractivity contribution in [3.05, 3.63) is 24.3 Å². The third kappa shape index (κ3) is 3.54. The van der Waals surface area contributed by atoms with Crippen LogP contribution in [0.4, 0.5) is 5.69 Å². The number of nitrogens with zero attached hydrogens (tertiary/aromatic N) is 2. The largest absolute Gasteiger partial charge is 0.303 e. The second-order valence-corrected chi connectivity index (χ2v) is 8.50. The van der Waals surface area contributed by atoms with Gasteiger partial charge in [0.25, 0.3) is 0 Å². The molecule has 2 rings (SSSR count). The average molecular weight is 333 g/mol. The fraction of sp³-hybridized carbons (Fsp3) is 0.500. The van der Waals surface area contributed by atoms with E-state index in [-0.39, 0.29) is 4.90 Å². The van der Waals surface area contributed by atoms with E-state index in [0.717, 1.165) is 23.6 Å². The highest BCUT2D eigenvalue weighted by molar-refractivity contribution is 7.90. The summed E-state index contributed by atoms with van der Waals surface area (Å²) in [6.45, 7) is 1.03. The molecule has 0 unspecified atom stereocenters. The van der Waals surface area contributed by atoms with E-state index in [1.165, 1.54) is 35.6 Å². The first kappa shape index (κ1) is 16.2. The number of sulfonamides is 1. The summed E-state index contributed by atoms with van der Waals surface area (Å²) in [5, 5.41) is 5.02. The highest BCUT2D eigenvalue weighted by atomic mass is 32.2. The van der Waals surface area contributed by atoms with E-state index in [0.29, 0.717) is 18.8 Å². The Morgan fingerprint density at radius 3 is 2.00 bits per heavy atom.